The second-order valence-electron chi connectivity index (χ2n) is 5.77. The molecule has 0 saturated heterocycles. The fourth-order valence-corrected chi connectivity index (χ4v) is 3.04. The number of fused-ring (bicyclic) bond motifs is 2. The minimum atomic E-state index is -0.600. The van der Waals surface area contributed by atoms with Crippen molar-refractivity contribution in [3.05, 3.63) is 73.6 Å². The van der Waals surface area contributed by atoms with Crippen molar-refractivity contribution in [2.24, 2.45) is 0 Å². The van der Waals surface area contributed by atoms with E-state index in [9.17, 15) is 14.7 Å². The second kappa shape index (κ2) is 5.46. The first kappa shape index (κ1) is 15.4. The molecule has 4 rings (SSSR count). The Bertz CT molecular complexity index is 1270. The van der Waals surface area contributed by atoms with Crippen LogP contribution in [0.1, 0.15) is 5.56 Å². The Hall–Kier alpha value is -3.12. The molecule has 2 aromatic heterocycles. The van der Waals surface area contributed by atoms with Crippen molar-refractivity contribution in [1.82, 2.24) is 14.8 Å². The minimum absolute atomic E-state index is 0.00586. The molecule has 0 fully saturated rings. The minimum Gasteiger partial charge on any atom is -0.491 e. The normalized spacial score (nSPS) is 11.3. The van der Waals surface area contributed by atoms with Crippen LogP contribution in [-0.2, 0) is 0 Å². The highest BCUT2D eigenvalue weighted by molar-refractivity contribution is 6.31. The SMILES string of the molecule is Cc1cccc(-n2nc(O)c3[nH]c4cc(Cl)ccc4c(=O)c3c2=O)c1. The number of hydrogen-bond acceptors (Lipinski definition) is 4. The zero-order valence-electron chi connectivity index (χ0n) is 13.1. The summed E-state index contributed by atoms with van der Waals surface area (Å²) in [6, 6.07) is 11.8. The van der Waals surface area contributed by atoms with Gasteiger partial charge in [0.15, 0.2) is 0 Å². The molecule has 2 heterocycles. The topological polar surface area (TPSA) is 88.0 Å². The lowest BCUT2D eigenvalue weighted by Crippen LogP contribution is -2.26. The van der Waals surface area contributed by atoms with Gasteiger partial charge in [0, 0.05) is 10.4 Å². The first-order chi connectivity index (χ1) is 12.0. The van der Waals surface area contributed by atoms with Crippen LogP contribution in [0.4, 0.5) is 0 Å². The number of benzene rings is 2. The number of rotatable bonds is 1. The molecule has 2 aromatic carbocycles. The van der Waals surface area contributed by atoms with Crippen LogP contribution in [0.15, 0.2) is 52.1 Å². The molecule has 0 radical (unpaired) electrons. The summed E-state index contributed by atoms with van der Waals surface area (Å²) in [6.45, 7) is 1.87. The van der Waals surface area contributed by atoms with E-state index in [1.54, 1.807) is 36.4 Å². The number of H-pyrrole nitrogens is 1. The maximum Gasteiger partial charge on any atom is 0.285 e. The summed E-state index contributed by atoms with van der Waals surface area (Å²) in [5.41, 5.74) is 0.732. The smallest absolute Gasteiger partial charge is 0.285 e. The Balaban J connectivity index is 2.17. The quantitative estimate of drug-likeness (QED) is 0.515. The molecule has 0 bridgehead atoms. The van der Waals surface area contributed by atoms with Crippen molar-refractivity contribution >= 4 is 33.4 Å². The van der Waals surface area contributed by atoms with Crippen molar-refractivity contribution < 1.29 is 5.11 Å². The van der Waals surface area contributed by atoms with Crippen molar-refractivity contribution in [2.75, 3.05) is 0 Å². The van der Waals surface area contributed by atoms with E-state index in [1.165, 1.54) is 0 Å². The van der Waals surface area contributed by atoms with E-state index in [0.717, 1.165) is 10.2 Å². The Morgan fingerprint density at radius 1 is 1.16 bits per heavy atom. The maximum atomic E-state index is 12.9. The average Bonchev–Trinajstić information content (AvgIpc) is 2.57. The summed E-state index contributed by atoms with van der Waals surface area (Å²) in [6.07, 6.45) is 0. The van der Waals surface area contributed by atoms with Gasteiger partial charge in [-0.25, -0.2) is 0 Å². The average molecular weight is 354 g/mol. The fraction of sp³-hybridized carbons (Fsp3) is 0.0556. The molecule has 0 spiro atoms. The van der Waals surface area contributed by atoms with Gasteiger partial charge >= 0.3 is 0 Å². The van der Waals surface area contributed by atoms with E-state index < -0.39 is 16.9 Å². The highest BCUT2D eigenvalue weighted by Gasteiger charge is 2.17. The zero-order chi connectivity index (χ0) is 17.7. The number of aromatic nitrogens is 3. The van der Waals surface area contributed by atoms with Gasteiger partial charge in [-0.15, -0.1) is 5.10 Å². The van der Waals surface area contributed by atoms with Gasteiger partial charge in [0.2, 0.25) is 5.43 Å². The van der Waals surface area contributed by atoms with Crippen LogP contribution in [0, 0.1) is 6.92 Å². The van der Waals surface area contributed by atoms with Crippen molar-refractivity contribution in [1.29, 1.82) is 0 Å². The summed E-state index contributed by atoms with van der Waals surface area (Å²) in [5.74, 6) is -0.435. The van der Waals surface area contributed by atoms with Crippen LogP contribution >= 0.6 is 11.6 Å². The summed E-state index contributed by atoms with van der Waals surface area (Å²) < 4.78 is 1.03. The Morgan fingerprint density at radius 3 is 2.72 bits per heavy atom. The molecule has 6 nitrogen and oxygen atoms in total. The third-order valence-corrected chi connectivity index (χ3v) is 4.27. The van der Waals surface area contributed by atoms with Crippen LogP contribution in [0.3, 0.4) is 0 Å². The van der Waals surface area contributed by atoms with E-state index in [4.69, 9.17) is 11.6 Å². The van der Waals surface area contributed by atoms with Crippen molar-refractivity contribution in [3.8, 4) is 11.6 Å². The number of aromatic hydroxyl groups is 1. The monoisotopic (exact) mass is 353 g/mol. The third kappa shape index (κ3) is 2.38. The number of pyridine rings is 1. The molecule has 2 N–H and O–H groups in total. The van der Waals surface area contributed by atoms with Crippen LogP contribution in [-0.4, -0.2) is 19.9 Å². The van der Waals surface area contributed by atoms with Crippen molar-refractivity contribution in [2.45, 2.75) is 6.92 Å². The molecule has 124 valence electrons. The molecular weight excluding hydrogens is 342 g/mol. The molecular formula is C18H12ClN3O3. The predicted molar refractivity (Wildman–Crippen MR) is 96.9 cm³/mol. The summed E-state index contributed by atoms with van der Waals surface area (Å²) in [5, 5.41) is 14.8. The highest BCUT2D eigenvalue weighted by atomic mass is 35.5. The predicted octanol–water partition coefficient (Wildman–Crippen LogP) is 2.89. The molecule has 0 aliphatic rings. The van der Waals surface area contributed by atoms with Gasteiger partial charge in [-0.1, -0.05) is 23.7 Å². The van der Waals surface area contributed by atoms with E-state index in [1.807, 2.05) is 13.0 Å². The molecule has 7 heteroatoms. The van der Waals surface area contributed by atoms with Gasteiger partial charge in [0.05, 0.1) is 11.2 Å². The van der Waals surface area contributed by atoms with Crippen LogP contribution in [0.5, 0.6) is 5.88 Å². The van der Waals surface area contributed by atoms with Crippen LogP contribution < -0.4 is 11.0 Å². The maximum absolute atomic E-state index is 12.9. The summed E-state index contributed by atoms with van der Waals surface area (Å²) in [7, 11) is 0. The molecule has 0 aliphatic carbocycles. The Labute approximate surface area is 145 Å². The largest absolute Gasteiger partial charge is 0.491 e. The van der Waals surface area contributed by atoms with E-state index in [-0.39, 0.29) is 10.9 Å². The summed E-state index contributed by atoms with van der Waals surface area (Å²) in [4.78, 5) is 28.6. The number of halogens is 1. The standard InChI is InChI=1S/C18H12ClN3O3/c1-9-3-2-4-11(7-9)22-18(25)14-15(17(24)21-22)20-13-8-10(19)5-6-12(13)16(14)23/h2-8H,1H3,(H,20,23)(H,21,24). The van der Waals surface area contributed by atoms with E-state index >= 15 is 0 Å². The summed E-state index contributed by atoms with van der Waals surface area (Å²) >= 11 is 5.95. The molecule has 0 aliphatic heterocycles. The lowest BCUT2D eigenvalue weighted by atomic mass is 10.1. The molecule has 0 amide bonds. The number of nitrogens with one attached hydrogen (secondary N) is 1. The molecule has 4 aromatic rings. The first-order valence-corrected chi connectivity index (χ1v) is 7.88. The van der Waals surface area contributed by atoms with Gasteiger partial charge in [-0.3, -0.25) is 9.59 Å². The Morgan fingerprint density at radius 2 is 1.96 bits per heavy atom. The van der Waals surface area contributed by atoms with Gasteiger partial charge in [0.25, 0.3) is 11.4 Å². The molecule has 0 saturated carbocycles. The second-order valence-corrected chi connectivity index (χ2v) is 6.21. The first-order valence-electron chi connectivity index (χ1n) is 7.50. The molecule has 25 heavy (non-hydrogen) atoms. The Kier molecular flexibility index (Phi) is 3.36. The van der Waals surface area contributed by atoms with Gasteiger partial charge in [0.1, 0.15) is 10.9 Å². The van der Waals surface area contributed by atoms with Crippen LogP contribution in [0.2, 0.25) is 5.02 Å². The number of nitrogens with zero attached hydrogens (tertiary/aromatic N) is 2. The lowest BCUT2D eigenvalue weighted by Gasteiger charge is -2.09. The fourth-order valence-electron chi connectivity index (χ4n) is 2.87. The number of hydrogen-bond donors (Lipinski definition) is 2. The van der Waals surface area contributed by atoms with Crippen molar-refractivity contribution in [3.63, 3.8) is 0 Å². The van der Waals surface area contributed by atoms with Gasteiger partial charge in [-0.05, 0) is 42.8 Å². The van der Waals surface area contributed by atoms with Crippen LogP contribution in [0.25, 0.3) is 27.5 Å². The third-order valence-electron chi connectivity index (χ3n) is 4.03. The highest BCUT2D eigenvalue weighted by Crippen LogP contribution is 2.21. The number of aromatic amines is 1. The van der Waals surface area contributed by atoms with Gasteiger partial charge < -0.3 is 10.1 Å². The van der Waals surface area contributed by atoms with Gasteiger partial charge in [-0.2, -0.15) is 4.68 Å². The lowest BCUT2D eigenvalue weighted by molar-refractivity contribution is 0.443. The molecule has 0 unspecified atom stereocenters. The van der Waals surface area contributed by atoms with E-state index in [0.29, 0.717) is 21.6 Å². The number of aryl methyl sites for hydroxylation is 1. The zero-order valence-corrected chi connectivity index (χ0v) is 13.8. The molecule has 0 atom stereocenters. The van der Waals surface area contributed by atoms with E-state index in [2.05, 4.69) is 10.1 Å².